The van der Waals surface area contributed by atoms with Crippen LogP contribution in [-0.2, 0) is 10.2 Å². The van der Waals surface area contributed by atoms with Gasteiger partial charge in [-0.2, -0.15) is 0 Å². The zero-order chi connectivity index (χ0) is 22.1. The number of nitrogens with two attached hydrogens (primary N) is 1. The van der Waals surface area contributed by atoms with Gasteiger partial charge in [-0.1, -0.05) is 37.1 Å². The topological polar surface area (TPSA) is 92.4 Å². The van der Waals surface area contributed by atoms with Crippen LogP contribution < -0.4 is 11.1 Å². The number of carboxylic acids is 1. The van der Waals surface area contributed by atoms with E-state index in [1.807, 2.05) is 18.2 Å². The maximum Gasteiger partial charge on any atom is 0.335 e. The number of carboxylic acid groups (broad SMARTS) is 1. The van der Waals surface area contributed by atoms with Crippen molar-refractivity contribution < 1.29 is 14.7 Å². The van der Waals surface area contributed by atoms with Gasteiger partial charge in [0.05, 0.1) is 10.6 Å². The number of nitrogens with one attached hydrogen (secondary N) is 1. The maximum absolute atomic E-state index is 11.4. The number of amides is 1. The van der Waals surface area contributed by atoms with Crippen molar-refractivity contribution in [3.05, 3.63) is 57.6 Å². The predicted molar refractivity (Wildman–Crippen MR) is 123 cm³/mol. The van der Waals surface area contributed by atoms with Gasteiger partial charge in [0, 0.05) is 22.0 Å². The Morgan fingerprint density at radius 3 is 2.53 bits per heavy atom. The van der Waals surface area contributed by atoms with E-state index < -0.39 is 5.97 Å². The van der Waals surface area contributed by atoms with E-state index in [1.54, 1.807) is 19.1 Å². The third-order valence-corrected chi connectivity index (χ3v) is 7.01. The molecule has 0 bridgehead atoms. The Labute approximate surface area is 187 Å². The average molecular weight is 447 g/mol. The monoisotopic (exact) mass is 446 g/mol. The van der Waals surface area contributed by atoms with Crippen LogP contribution in [0.3, 0.4) is 0 Å². The molecular formula is C23H27ClN2O3S. The number of hydrogen-bond acceptors (Lipinski definition) is 4. The van der Waals surface area contributed by atoms with E-state index in [2.05, 4.69) is 24.9 Å². The minimum absolute atomic E-state index is 0.173. The molecule has 2 aromatic carbocycles. The highest BCUT2D eigenvalue weighted by Crippen LogP contribution is 2.62. The van der Waals surface area contributed by atoms with Crippen molar-refractivity contribution in [2.24, 2.45) is 5.73 Å². The van der Waals surface area contributed by atoms with Gasteiger partial charge in [0.2, 0.25) is 6.41 Å². The Morgan fingerprint density at radius 1 is 1.33 bits per heavy atom. The first kappa shape index (κ1) is 22.7. The number of benzene rings is 2. The van der Waals surface area contributed by atoms with Crippen molar-refractivity contribution >= 4 is 42.3 Å². The number of rotatable bonds is 5. The van der Waals surface area contributed by atoms with Crippen molar-refractivity contribution in [3.63, 3.8) is 0 Å². The van der Waals surface area contributed by atoms with Gasteiger partial charge < -0.3 is 16.2 Å². The molecule has 0 radical (unpaired) electrons. The minimum Gasteiger partial charge on any atom is -0.478 e. The second kappa shape index (κ2) is 9.00. The zero-order valence-electron chi connectivity index (χ0n) is 17.1. The Morgan fingerprint density at radius 2 is 2.00 bits per heavy atom. The second-order valence-corrected chi connectivity index (χ2v) is 9.25. The molecule has 2 atom stereocenters. The van der Waals surface area contributed by atoms with Crippen LogP contribution in [0.15, 0.2) is 35.2 Å². The quantitative estimate of drug-likeness (QED) is 0.377. The van der Waals surface area contributed by atoms with Gasteiger partial charge in [-0.05, 0) is 67.0 Å². The first-order chi connectivity index (χ1) is 14.2. The van der Waals surface area contributed by atoms with Crippen molar-refractivity contribution in [3.8, 4) is 0 Å². The fourth-order valence-corrected chi connectivity index (χ4v) is 4.25. The lowest BCUT2D eigenvalue weighted by atomic mass is 9.90. The minimum atomic E-state index is -0.922. The molecule has 5 nitrogen and oxygen atoms in total. The molecule has 0 spiro atoms. The highest BCUT2D eigenvalue weighted by molar-refractivity contribution is 7.80. The molecule has 4 rings (SSSR count). The Bertz CT molecular complexity index is 977. The van der Waals surface area contributed by atoms with E-state index in [4.69, 9.17) is 17.3 Å². The van der Waals surface area contributed by atoms with Crippen LogP contribution in [0.25, 0.3) is 0 Å². The van der Waals surface area contributed by atoms with Crippen LogP contribution in [0.1, 0.15) is 65.6 Å². The van der Waals surface area contributed by atoms with Crippen LogP contribution in [-0.4, -0.2) is 23.5 Å². The van der Waals surface area contributed by atoms with Gasteiger partial charge in [0.25, 0.3) is 0 Å². The maximum atomic E-state index is 11.4. The molecule has 0 heterocycles. The first-order valence-electron chi connectivity index (χ1n) is 10.00. The third-order valence-electron chi connectivity index (χ3n) is 6.20. The second-order valence-electron chi connectivity index (χ2n) is 8.36. The summed E-state index contributed by atoms with van der Waals surface area (Å²) < 4.78 is 0. The summed E-state index contributed by atoms with van der Waals surface area (Å²) >= 11 is 10.5. The molecule has 2 aromatic rings. The fourth-order valence-electron chi connectivity index (χ4n) is 3.89. The van der Waals surface area contributed by atoms with Crippen LogP contribution in [0.4, 0.5) is 5.69 Å². The summed E-state index contributed by atoms with van der Waals surface area (Å²) in [5.41, 5.74) is 8.83. The largest absolute Gasteiger partial charge is 0.478 e. The molecule has 160 valence electrons. The normalized spacial score (nSPS) is 22.4. The highest BCUT2D eigenvalue weighted by Gasteiger charge is 2.53. The highest BCUT2D eigenvalue weighted by atomic mass is 35.5. The SMILES string of the molecule is Cc1ccc(C2CC2(C)c2cc(S)c(Cl)cc2NC=O)cc1C(=O)O.NC1CCC1. The number of aryl methyl sites for hydroxylation is 1. The number of aromatic carboxylic acids is 1. The fraction of sp³-hybridized carbons (Fsp3) is 0.391. The molecule has 0 aromatic heterocycles. The lowest BCUT2D eigenvalue weighted by Gasteiger charge is -2.18. The molecule has 1 amide bonds. The van der Waals surface area contributed by atoms with Gasteiger partial charge in [-0.3, -0.25) is 4.79 Å². The first-order valence-corrected chi connectivity index (χ1v) is 10.8. The van der Waals surface area contributed by atoms with Crippen molar-refractivity contribution in [1.82, 2.24) is 0 Å². The van der Waals surface area contributed by atoms with Crippen LogP contribution in [0, 0.1) is 6.92 Å². The van der Waals surface area contributed by atoms with Gasteiger partial charge in [-0.25, -0.2) is 4.79 Å². The number of anilines is 1. The molecule has 2 unspecified atom stereocenters. The number of hydrogen-bond donors (Lipinski definition) is 4. The smallest absolute Gasteiger partial charge is 0.335 e. The number of carbonyl (C=O) groups excluding carboxylic acids is 1. The molecule has 2 aliphatic rings. The van der Waals surface area contributed by atoms with Crippen LogP contribution in [0.5, 0.6) is 0 Å². The third kappa shape index (κ3) is 4.66. The van der Waals surface area contributed by atoms with E-state index in [0.29, 0.717) is 33.6 Å². The number of halogens is 1. The lowest BCUT2D eigenvalue weighted by Crippen LogP contribution is -2.27. The van der Waals surface area contributed by atoms with E-state index in [0.717, 1.165) is 23.1 Å². The van der Waals surface area contributed by atoms with Gasteiger partial charge >= 0.3 is 5.97 Å². The molecular weight excluding hydrogens is 420 g/mol. The molecule has 0 saturated heterocycles. The van der Waals surface area contributed by atoms with E-state index in [9.17, 15) is 14.7 Å². The van der Waals surface area contributed by atoms with E-state index in [1.165, 1.54) is 19.3 Å². The standard InChI is InChI=1S/C19H18ClNO3S.C4H9N/c1-10-3-4-11(5-12(10)18(23)24)14-8-19(14,2)13-6-17(25)15(20)7-16(13)21-9-22;5-4-2-1-3-4/h3-7,9,14,25H,8H2,1-2H3,(H,21,22)(H,23,24);4H,1-3,5H2. The summed E-state index contributed by atoms with van der Waals surface area (Å²) in [5.74, 6) is -0.749. The lowest BCUT2D eigenvalue weighted by molar-refractivity contribution is -0.105. The van der Waals surface area contributed by atoms with Gasteiger partial charge in [0.15, 0.2) is 0 Å². The summed E-state index contributed by atoms with van der Waals surface area (Å²) in [5, 5.41) is 12.5. The Kier molecular flexibility index (Phi) is 6.80. The molecule has 30 heavy (non-hydrogen) atoms. The molecule has 2 aliphatic carbocycles. The zero-order valence-corrected chi connectivity index (χ0v) is 18.8. The van der Waals surface area contributed by atoms with Gasteiger partial charge in [0.1, 0.15) is 0 Å². The molecule has 2 fully saturated rings. The molecule has 0 aliphatic heterocycles. The van der Waals surface area contributed by atoms with Crippen LogP contribution in [0.2, 0.25) is 5.02 Å². The molecule has 7 heteroatoms. The predicted octanol–water partition coefficient (Wildman–Crippen LogP) is 5.15. The summed E-state index contributed by atoms with van der Waals surface area (Å²) in [7, 11) is 0. The van der Waals surface area contributed by atoms with Crippen LogP contribution >= 0.6 is 24.2 Å². The Balaban J connectivity index is 0.000000448. The number of thiol groups is 1. The number of carbonyl (C=O) groups is 2. The van der Waals surface area contributed by atoms with Crippen molar-refractivity contribution in [2.45, 2.75) is 61.8 Å². The van der Waals surface area contributed by atoms with Crippen molar-refractivity contribution in [1.29, 1.82) is 0 Å². The van der Waals surface area contributed by atoms with Gasteiger partial charge in [-0.15, -0.1) is 12.6 Å². The summed E-state index contributed by atoms with van der Waals surface area (Å²) in [6.45, 7) is 3.89. The summed E-state index contributed by atoms with van der Waals surface area (Å²) in [6.07, 6.45) is 5.38. The van der Waals surface area contributed by atoms with E-state index >= 15 is 0 Å². The summed E-state index contributed by atoms with van der Waals surface area (Å²) in [6, 6.07) is 9.71. The Hall–Kier alpha value is -2.02. The molecule has 4 N–H and O–H groups in total. The average Bonchev–Trinajstić information content (AvgIpc) is 3.36. The molecule has 2 saturated carbocycles. The van der Waals surface area contributed by atoms with E-state index in [-0.39, 0.29) is 11.3 Å². The van der Waals surface area contributed by atoms with Crippen molar-refractivity contribution in [2.75, 3.05) is 5.32 Å². The summed E-state index contributed by atoms with van der Waals surface area (Å²) in [4.78, 5) is 23.0.